The number of halogens is 5. The van der Waals surface area contributed by atoms with Crippen LogP contribution < -0.4 is 0 Å². The Morgan fingerprint density at radius 3 is 2.52 bits per heavy atom. The number of pyridine rings is 2. The van der Waals surface area contributed by atoms with Crippen LogP contribution in [0.15, 0.2) is 42.6 Å². The quantitative estimate of drug-likeness (QED) is 0.522. The molecule has 3 aromatic rings. The highest BCUT2D eigenvalue weighted by Crippen LogP contribution is 2.39. The molecule has 9 heteroatoms. The summed E-state index contributed by atoms with van der Waals surface area (Å²) in [7, 11) is 0. The van der Waals surface area contributed by atoms with Gasteiger partial charge in [-0.05, 0) is 30.3 Å². The Morgan fingerprint density at radius 2 is 1.93 bits per heavy atom. The van der Waals surface area contributed by atoms with Gasteiger partial charge in [0.05, 0.1) is 16.2 Å². The third-order valence-electron chi connectivity index (χ3n) is 3.68. The summed E-state index contributed by atoms with van der Waals surface area (Å²) in [5, 5.41) is 0.391. The summed E-state index contributed by atoms with van der Waals surface area (Å²) in [5.41, 5.74) is -0.976. The van der Waals surface area contributed by atoms with Gasteiger partial charge in [0.15, 0.2) is 6.10 Å². The molecular weight excluding hydrogens is 404 g/mol. The van der Waals surface area contributed by atoms with Crippen molar-refractivity contribution < 1.29 is 22.7 Å². The topological polar surface area (TPSA) is 52.1 Å². The molecule has 0 aliphatic carbocycles. The first kappa shape index (κ1) is 19.4. The molecule has 0 saturated carbocycles. The Kier molecular flexibility index (Phi) is 5.26. The molecule has 1 unspecified atom stereocenters. The minimum atomic E-state index is -4.73. The molecule has 0 saturated heterocycles. The fourth-order valence-corrected chi connectivity index (χ4v) is 3.16. The lowest BCUT2D eigenvalue weighted by Crippen LogP contribution is -2.15. The zero-order chi connectivity index (χ0) is 19.8. The van der Waals surface area contributed by atoms with E-state index < -0.39 is 23.9 Å². The Bertz CT molecular complexity index is 1010. The summed E-state index contributed by atoms with van der Waals surface area (Å²) >= 11 is 12.1. The maximum absolute atomic E-state index is 13.4. The van der Waals surface area contributed by atoms with E-state index in [1.807, 2.05) is 0 Å². The van der Waals surface area contributed by atoms with Crippen molar-refractivity contribution in [3.63, 3.8) is 0 Å². The molecule has 0 bridgehead atoms. The Hall–Kier alpha value is -2.38. The first-order valence-electron chi connectivity index (χ1n) is 7.62. The van der Waals surface area contributed by atoms with Crippen molar-refractivity contribution in [2.24, 2.45) is 0 Å². The average molecular weight is 415 g/mol. The second-order valence-electron chi connectivity index (χ2n) is 5.62. The van der Waals surface area contributed by atoms with Gasteiger partial charge in [0.2, 0.25) is 0 Å². The van der Waals surface area contributed by atoms with Crippen molar-refractivity contribution in [2.45, 2.75) is 19.2 Å². The molecule has 0 N–H and O–H groups in total. The van der Waals surface area contributed by atoms with E-state index in [4.69, 9.17) is 27.9 Å². The lowest BCUT2D eigenvalue weighted by molar-refractivity contribution is -0.144. The van der Waals surface area contributed by atoms with Gasteiger partial charge in [-0.2, -0.15) is 13.2 Å². The number of aromatic nitrogens is 2. The molecule has 4 nitrogen and oxygen atoms in total. The van der Waals surface area contributed by atoms with Gasteiger partial charge in [-0.1, -0.05) is 29.3 Å². The molecular formula is C18H11Cl2F3N2O2. The van der Waals surface area contributed by atoms with E-state index in [0.29, 0.717) is 0 Å². The normalized spacial score (nSPS) is 12.8. The molecule has 0 aliphatic heterocycles. The first-order valence-corrected chi connectivity index (χ1v) is 8.37. The third kappa shape index (κ3) is 4.14. The van der Waals surface area contributed by atoms with Crippen LogP contribution in [-0.4, -0.2) is 15.9 Å². The lowest BCUT2D eigenvalue weighted by Gasteiger charge is -2.20. The highest BCUT2D eigenvalue weighted by atomic mass is 35.5. The number of benzene rings is 1. The van der Waals surface area contributed by atoms with Crippen LogP contribution in [0.1, 0.15) is 30.0 Å². The fourth-order valence-electron chi connectivity index (χ4n) is 2.62. The number of rotatable bonds is 3. The summed E-state index contributed by atoms with van der Waals surface area (Å²) in [6, 6.07) is 8.34. The molecule has 27 heavy (non-hydrogen) atoms. The van der Waals surface area contributed by atoms with E-state index in [1.54, 1.807) is 18.2 Å². The minimum Gasteiger partial charge on any atom is -0.451 e. The van der Waals surface area contributed by atoms with Gasteiger partial charge in [0, 0.05) is 29.1 Å². The monoisotopic (exact) mass is 414 g/mol. The molecule has 140 valence electrons. The highest BCUT2D eigenvalue weighted by Gasteiger charge is 2.35. The van der Waals surface area contributed by atoms with Crippen molar-refractivity contribution in [2.75, 3.05) is 0 Å². The van der Waals surface area contributed by atoms with Crippen LogP contribution in [0, 0.1) is 0 Å². The van der Waals surface area contributed by atoms with Crippen molar-refractivity contribution in [1.29, 1.82) is 0 Å². The number of fused-ring (bicyclic) bond motifs is 1. The lowest BCUT2D eigenvalue weighted by atomic mass is 9.99. The van der Waals surface area contributed by atoms with Crippen LogP contribution in [0.4, 0.5) is 13.2 Å². The van der Waals surface area contributed by atoms with Crippen LogP contribution in [0.25, 0.3) is 10.9 Å². The largest absolute Gasteiger partial charge is 0.451 e. The number of hydrogen-bond donors (Lipinski definition) is 0. The predicted molar refractivity (Wildman–Crippen MR) is 94.6 cm³/mol. The van der Waals surface area contributed by atoms with Gasteiger partial charge in [0.25, 0.3) is 0 Å². The van der Waals surface area contributed by atoms with Crippen LogP contribution in [-0.2, 0) is 15.7 Å². The van der Waals surface area contributed by atoms with E-state index in [-0.39, 0.29) is 32.2 Å². The molecule has 1 aromatic carbocycles. The van der Waals surface area contributed by atoms with Gasteiger partial charge in [-0.25, -0.2) is 4.98 Å². The van der Waals surface area contributed by atoms with Gasteiger partial charge in [0.1, 0.15) is 5.69 Å². The summed E-state index contributed by atoms with van der Waals surface area (Å²) in [5.74, 6) is -0.683. The molecule has 3 rings (SSSR count). The van der Waals surface area contributed by atoms with Crippen molar-refractivity contribution in [1.82, 2.24) is 9.97 Å². The molecule has 1 atom stereocenters. The van der Waals surface area contributed by atoms with Crippen LogP contribution in [0.5, 0.6) is 0 Å². The number of alkyl halides is 3. The molecule has 2 heterocycles. The molecule has 0 fully saturated rings. The molecule has 0 amide bonds. The Labute approximate surface area is 161 Å². The number of nitrogens with zero attached hydrogens (tertiary/aromatic N) is 2. The maximum atomic E-state index is 13.4. The van der Waals surface area contributed by atoms with Gasteiger partial charge >= 0.3 is 12.1 Å². The number of carbonyl (C=O) groups is 1. The van der Waals surface area contributed by atoms with Gasteiger partial charge in [-0.15, -0.1) is 0 Å². The van der Waals surface area contributed by atoms with E-state index in [2.05, 4.69) is 9.97 Å². The molecule has 0 radical (unpaired) electrons. The summed E-state index contributed by atoms with van der Waals surface area (Å²) < 4.78 is 45.4. The number of esters is 1. The second-order valence-corrected chi connectivity index (χ2v) is 6.47. The van der Waals surface area contributed by atoms with E-state index >= 15 is 0 Å². The molecule has 0 spiro atoms. The van der Waals surface area contributed by atoms with E-state index in [9.17, 15) is 18.0 Å². The Balaban J connectivity index is 2.36. The molecule has 2 aromatic heterocycles. The van der Waals surface area contributed by atoms with E-state index in [1.165, 1.54) is 18.3 Å². The minimum absolute atomic E-state index is 0.0330. The predicted octanol–water partition coefficient (Wildman–Crippen LogP) is 5.61. The smallest absolute Gasteiger partial charge is 0.433 e. The second kappa shape index (κ2) is 7.32. The standard InChI is InChI=1S/C18H11Cl2F3N2O2/c1-9(26)27-17(14-4-2-3-5-24-14)12-8-15(18(21,22)23)25-16-11(12)6-10(19)7-13(16)20/h2-8,17H,1H3. The fraction of sp³-hybridized carbons (Fsp3) is 0.167. The Morgan fingerprint density at radius 1 is 1.19 bits per heavy atom. The van der Waals surface area contributed by atoms with Crippen LogP contribution in [0.3, 0.4) is 0 Å². The van der Waals surface area contributed by atoms with Crippen molar-refractivity contribution in [3.05, 3.63) is 69.6 Å². The number of hydrogen-bond acceptors (Lipinski definition) is 4. The summed E-state index contributed by atoms with van der Waals surface area (Å²) in [6.45, 7) is 1.16. The third-order valence-corrected chi connectivity index (χ3v) is 4.18. The van der Waals surface area contributed by atoms with Crippen LogP contribution >= 0.6 is 23.2 Å². The number of ether oxygens (including phenoxy) is 1. The summed E-state index contributed by atoms with van der Waals surface area (Å²) in [4.78, 5) is 19.3. The number of carbonyl (C=O) groups excluding carboxylic acids is 1. The van der Waals surface area contributed by atoms with Gasteiger partial charge < -0.3 is 4.74 Å². The first-order chi connectivity index (χ1) is 12.7. The van der Waals surface area contributed by atoms with Crippen molar-refractivity contribution in [3.8, 4) is 0 Å². The average Bonchev–Trinajstić information content (AvgIpc) is 2.59. The zero-order valence-corrected chi connectivity index (χ0v) is 15.2. The van der Waals surface area contributed by atoms with Crippen molar-refractivity contribution >= 4 is 40.1 Å². The SMILES string of the molecule is CC(=O)OC(c1ccccn1)c1cc(C(F)(F)F)nc2c(Cl)cc(Cl)cc12. The highest BCUT2D eigenvalue weighted by molar-refractivity contribution is 6.38. The maximum Gasteiger partial charge on any atom is 0.433 e. The van der Waals surface area contributed by atoms with Crippen LogP contribution in [0.2, 0.25) is 10.0 Å². The van der Waals surface area contributed by atoms with Gasteiger partial charge in [-0.3, -0.25) is 9.78 Å². The zero-order valence-electron chi connectivity index (χ0n) is 13.7. The molecule has 0 aliphatic rings. The van der Waals surface area contributed by atoms with E-state index in [0.717, 1.165) is 13.0 Å². The summed E-state index contributed by atoms with van der Waals surface area (Å²) in [6.07, 6.45) is -4.47.